The first-order valence-corrected chi connectivity index (χ1v) is 6.11. The third kappa shape index (κ3) is 2.59. The van der Waals surface area contributed by atoms with Crippen LogP contribution in [0.2, 0.25) is 0 Å². The lowest BCUT2D eigenvalue weighted by Gasteiger charge is -2.13. The molecule has 0 atom stereocenters. The lowest BCUT2D eigenvalue weighted by molar-refractivity contribution is 0.281. The van der Waals surface area contributed by atoms with Crippen molar-refractivity contribution >= 4 is 0 Å². The third-order valence-corrected chi connectivity index (χ3v) is 3.03. The molecule has 94 valence electrons. The number of benzene rings is 2. The molecule has 0 amide bonds. The van der Waals surface area contributed by atoms with Gasteiger partial charge in [-0.2, -0.15) is 0 Å². The molecule has 2 aromatic carbocycles. The summed E-state index contributed by atoms with van der Waals surface area (Å²) in [5.41, 5.74) is 3.64. The van der Waals surface area contributed by atoms with Crippen LogP contribution >= 0.6 is 0 Å². The van der Waals surface area contributed by atoms with E-state index in [2.05, 4.69) is 19.9 Å². The molecule has 2 rings (SSSR count). The SMILES string of the molecule is CC(C)c1ccccc1-c1cc(F)cc(CO)c1. The van der Waals surface area contributed by atoms with Crippen LogP contribution in [0.4, 0.5) is 4.39 Å². The van der Waals surface area contributed by atoms with Gasteiger partial charge in [-0.15, -0.1) is 0 Å². The fraction of sp³-hybridized carbons (Fsp3) is 0.250. The molecule has 0 spiro atoms. The summed E-state index contributed by atoms with van der Waals surface area (Å²) in [6.07, 6.45) is 0. The minimum atomic E-state index is -0.310. The van der Waals surface area contributed by atoms with Crippen molar-refractivity contribution < 1.29 is 9.50 Å². The molecular formula is C16H17FO. The van der Waals surface area contributed by atoms with Crippen LogP contribution < -0.4 is 0 Å². The summed E-state index contributed by atoms with van der Waals surface area (Å²) in [6, 6.07) is 12.7. The highest BCUT2D eigenvalue weighted by molar-refractivity contribution is 5.68. The van der Waals surface area contributed by atoms with Gasteiger partial charge in [0.15, 0.2) is 0 Å². The Hall–Kier alpha value is -1.67. The van der Waals surface area contributed by atoms with Gasteiger partial charge in [-0.3, -0.25) is 0 Å². The summed E-state index contributed by atoms with van der Waals surface area (Å²) >= 11 is 0. The van der Waals surface area contributed by atoms with Crippen LogP contribution in [0.25, 0.3) is 11.1 Å². The van der Waals surface area contributed by atoms with E-state index in [0.717, 1.165) is 11.1 Å². The van der Waals surface area contributed by atoms with Gasteiger partial charge < -0.3 is 5.11 Å². The molecule has 0 saturated carbocycles. The Morgan fingerprint density at radius 2 is 1.83 bits per heavy atom. The monoisotopic (exact) mass is 244 g/mol. The standard InChI is InChI=1S/C16H17FO/c1-11(2)15-5-3-4-6-16(15)13-7-12(10-18)8-14(17)9-13/h3-9,11,18H,10H2,1-2H3. The molecular weight excluding hydrogens is 227 g/mol. The highest BCUT2D eigenvalue weighted by Crippen LogP contribution is 2.30. The van der Waals surface area contributed by atoms with E-state index in [1.807, 2.05) is 24.3 Å². The van der Waals surface area contributed by atoms with Crippen molar-refractivity contribution in [3.05, 3.63) is 59.4 Å². The molecule has 0 aromatic heterocycles. The molecule has 18 heavy (non-hydrogen) atoms. The maximum Gasteiger partial charge on any atom is 0.124 e. The number of hydrogen-bond donors (Lipinski definition) is 1. The first-order valence-electron chi connectivity index (χ1n) is 6.11. The number of rotatable bonds is 3. The zero-order valence-corrected chi connectivity index (χ0v) is 10.7. The highest BCUT2D eigenvalue weighted by Gasteiger charge is 2.09. The fourth-order valence-corrected chi connectivity index (χ4v) is 2.16. The van der Waals surface area contributed by atoms with E-state index in [0.29, 0.717) is 11.5 Å². The summed E-state index contributed by atoms with van der Waals surface area (Å²) < 4.78 is 13.5. The predicted octanol–water partition coefficient (Wildman–Crippen LogP) is 4.11. The van der Waals surface area contributed by atoms with Crippen LogP contribution in [0.5, 0.6) is 0 Å². The third-order valence-electron chi connectivity index (χ3n) is 3.03. The normalized spacial score (nSPS) is 10.9. The van der Waals surface area contributed by atoms with Crippen LogP contribution in [0.1, 0.15) is 30.9 Å². The van der Waals surface area contributed by atoms with Gasteiger partial charge in [-0.25, -0.2) is 4.39 Å². The van der Waals surface area contributed by atoms with Gasteiger partial charge >= 0.3 is 0 Å². The van der Waals surface area contributed by atoms with Crippen molar-refractivity contribution in [2.75, 3.05) is 0 Å². The molecule has 0 bridgehead atoms. The van der Waals surface area contributed by atoms with Crippen LogP contribution in [0, 0.1) is 5.82 Å². The van der Waals surface area contributed by atoms with Crippen LogP contribution in [-0.2, 0) is 6.61 Å². The van der Waals surface area contributed by atoms with Crippen molar-refractivity contribution in [1.29, 1.82) is 0 Å². The predicted molar refractivity (Wildman–Crippen MR) is 71.8 cm³/mol. The van der Waals surface area contributed by atoms with Gasteiger partial charge in [0.05, 0.1) is 6.61 Å². The molecule has 0 heterocycles. The van der Waals surface area contributed by atoms with E-state index < -0.39 is 0 Å². The summed E-state index contributed by atoms with van der Waals surface area (Å²) in [7, 11) is 0. The maximum absolute atomic E-state index is 13.5. The smallest absolute Gasteiger partial charge is 0.124 e. The number of hydrogen-bond acceptors (Lipinski definition) is 1. The highest BCUT2D eigenvalue weighted by atomic mass is 19.1. The average molecular weight is 244 g/mol. The minimum absolute atomic E-state index is 0.144. The minimum Gasteiger partial charge on any atom is -0.392 e. The molecule has 0 unspecified atom stereocenters. The van der Waals surface area contributed by atoms with Crippen molar-refractivity contribution in [2.45, 2.75) is 26.4 Å². The molecule has 0 fully saturated rings. The molecule has 0 aliphatic heterocycles. The summed E-state index contributed by atoms with van der Waals surface area (Å²) in [4.78, 5) is 0. The molecule has 2 heteroatoms. The van der Waals surface area contributed by atoms with Crippen molar-refractivity contribution in [1.82, 2.24) is 0 Å². The van der Waals surface area contributed by atoms with E-state index in [1.54, 1.807) is 0 Å². The molecule has 0 saturated heterocycles. The van der Waals surface area contributed by atoms with E-state index >= 15 is 0 Å². The topological polar surface area (TPSA) is 20.2 Å². The first kappa shape index (κ1) is 12.8. The Balaban J connectivity index is 2.58. The Kier molecular flexibility index (Phi) is 3.78. The molecule has 2 aromatic rings. The lowest BCUT2D eigenvalue weighted by atomic mass is 9.92. The maximum atomic E-state index is 13.5. The number of halogens is 1. The van der Waals surface area contributed by atoms with E-state index in [4.69, 9.17) is 5.11 Å². The van der Waals surface area contributed by atoms with E-state index in [1.165, 1.54) is 17.7 Å². The van der Waals surface area contributed by atoms with Gasteiger partial charge in [0.25, 0.3) is 0 Å². The lowest BCUT2D eigenvalue weighted by Crippen LogP contribution is -1.94. The van der Waals surface area contributed by atoms with E-state index in [-0.39, 0.29) is 12.4 Å². The summed E-state index contributed by atoms with van der Waals surface area (Å²) in [6.45, 7) is 4.09. The number of aliphatic hydroxyl groups is 1. The Labute approximate surface area is 107 Å². The molecule has 1 nitrogen and oxygen atoms in total. The van der Waals surface area contributed by atoms with Crippen molar-refractivity contribution in [3.8, 4) is 11.1 Å². The molecule has 0 aliphatic rings. The Morgan fingerprint density at radius 3 is 2.50 bits per heavy atom. The second kappa shape index (κ2) is 5.32. The van der Waals surface area contributed by atoms with Gasteiger partial charge in [0.2, 0.25) is 0 Å². The van der Waals surface area contributed by atoms with Crippen LogP contribution in [-0.4, -0.2) is 5.11 Å². The van der Waals surface area contributed by atoms with Gasteiger partial charge in [0.1, 0.15) is 5.82 Å². The summed E-state index contributed by atoms with van der Waals surface area (Å²) in [5, 5.41) is 9.15. The van der Waals surface area contributed by atoms with Gasteiger partial charge in [-0.05, 0) is 46.4 Å². The van der Waals surface area contributed by atoms with Gasteiger partial charge in [-0.1, -0.05) is 38.1 Å². The quantitative estimate of drug-likeness (QED) is 0.861. The van der Waals surface area contributed by atoms with Gasteiger partial charge in [0, 0.05) is 0 Å². The summed E-state index contributed by atoms with van der Waals surface area (Å²) in [5.74, 6) is 0.0668. The fourth-order valence-electron chi connectivity index (χ4n) is 2.16. The zero-order chi connectivity index (χ0) is 13.1. The largest absolute Gasteiger partial charge is 0.392 e. The Bertz CT molecular complexity index is 547. The molecule has 0 radical (unpaired) electrons. The first-order chi connectivity index (χ1) is 8.61. The molecule has 0 aliphatic carbocycles. The molecule has 1 N–H and O–H groups in total. The Morgan fingerprint density at radius 1 is 1.11 bits per heavy atom. The van der Waals surface area contributed by atoms with Crippen molar-refractivity contribution in [3.63, 3.8) is 0 Å². The van der Waals surface area contributed by atoms with E-state index in [9.17, 15) is 4.39 Å². The zero-order valence-electron chi connectivity index (χ0n) is 10.7. The average Bonchev–Trinajstić information content (AvgIpc) is 2.38. The second-order valence-electron chi connectivity index (χ2n) is 4.75. The second-order valence-corrected chi connectivity index (χ2v) is 4.75. The van der Waals surface area contributed by atoms with Crippen molar-refractivity contribution in [2.24, 2.45) is 0 Å². The van der Waals surface area contributed by atoms with Crippen LogP contribution in [0.3, 0.4) is 0 Å². The number of aliphatic hydroxyl groups excluding tert-OH is 1. The van der Waals surface area contributed by atoms with Crippen LogP contribution in [0.15, 0.2) is 42.5 Å².